The van der Waals surface area contributed by atoms with E-state index in [-0.39, 0.29) is 33.6 Å². The Hall–Kier alpha value is -3.88. The summed E-state index contributed by atoms with van der Waals surface area (Å²) in [5, 5.41) is 22.0. The SMILES string of the molecule is COc1ccc(-n2nc(C)c(/N=N/c3nc4cccc(C(=O)O)c4s3)c2N)cc1S(=O)(=O)O. The molecule has 0 aliphatic heterocycles. The largest absolute Gasteiger partial charge is 0.495 e. The van der Waals surface area contributed by atoms with Crippen LogP contribution in [0.1, 0.15) is 16.1 Å². The second kappa shape index (κ2) is 8.23. The van der Waals surface area contributed by atoms with Crippen molar-refractivity contribution in [3.63, 3.8) is 0 Å². The van der Waals surface area contributed by atoms with Crippen molar-refractivity contribution in [1.82, 2.24) is 14.8 Å². The van der Waals surface area contributed by atoms with Crippen LogP contribution in [0.3, 0.4) is 0 Å². The maximum Gasteiger partial charge on any atom is 0.337 e. The van der Waals surface area contributed by atoms with Crippen molar-refractivity contribution < 1.29 is 27.6 Å². The number of methoxy groups -OCH3 is 1. The fourth-order valence-corrected chi connectivity index (χ4v) is 4.66. The average Bonchev–Trinajstić information content (AvgIpc) is 3.30. The van der Waals surface area contributed by atoms with Gasteiger partial charge in [-0.3, -0.25) is 4.55 Å². The Bertz CT molecular complexity index is 1540. The summed E-state index contributed by atoms with van der Waals surface area (Å²) >= 11 is 1.07. The fourth-order valence-electron chi connectivity index (χ4n) is 3.10. The third-order valence-electron chi connectivity index (χ3n) is 4.60. The Balaban J connectivity index is 1.74. The number of nitrogens with two attached hydrogens (primary N) is 1. The zero-order chi connectivity index (χ0) is 23.9. The topological polar surface area (TPSA) is 182 Å². The van der Waals surface area contributed by atoms with Gasteiger partial charge >= 0.3 is 5.97 Å². The van der Waals surface area contributed by atoms with Crippen LogP contribution in [-0.4, -0.2) is 45.9 Å². The molecule has 0 amide bonds. The summed E-state index contributed by atoms with van der Waals surface area (Å²) in [6.45, 7) is 1.63. The number of hydrogen-bond donors (Lipinski definition) is 3. The average molecular weight is 489 g/mol. The number of carboxylic acid groups (broad SMARTS) is 1. The van der Waals surface area contributed by atoms with E-state index in [1.54, 1.807) is 19.1 Å². The molecule has 2 heterocycles. The molecule has 2 aromatic heterocycles. The molecule has 0 aliphatic rings. The van der Waals surface area contributed by atoms with E-state index >= 15 is 0 Å². The number of rotatable bonds is 6. The van der Waals surface area contributed by atoms with Gasteiger partial charge in [-0.2, -0.15) is 13.5 Å². The minimum absolute atomic E-state index is 0.0415. The molecule has 0 bridgehead atoms. The minimum atomic E-state index is -4.56. The van der Waals surface area contributed by atoms with Crippen molar-refractivity contribution in [2.24, 2.45) is 10.2 Å². The van der Waals surface area contributed by atoms with E-state index in [0.717, 1.165) is 11.3 Å². The van der Waals surface area contributed by atoms with Crippen molar-refractivity contribution in [3.8, 4) is 11.4 Å². The number of aryl methyl sites for hydroxylation is 1. The van der Waals surface area contributed by atoms with Crippen LogP contribution < -0.4 is 10.5 Å². The van der Waals surface area contributed by atoms with Gasteiger partial charge in [0.2, 0.25) is 5.13 Å². The van der Waals surface area contributed by atoms with Crippen LogP contribution in [0.15, 0.2) is 51.5 Å². The van der Waals surface area contributed by atoms with Crippen LogP contribution in [-0.2, 0) is 10.1 Å². The molecule has 0 spiro atoms. The molecule has 12 nitrogen and oxygen atoms in total. The van der Waals surface area contributed by atoms with Crippen LogP contribution in [0, 0.1) is 6.92 Å². The van der Waals surface area contributed by atoms with Crippen molar-refractivity contribution >= 4 is 54.3 Å². The second-order valence-electron chi connectivity index (χ2n) is 6.70. The van der Waals surface area contributed by atoms with E-state index in [1.165, 1.54) is 36.1 Å². The second-order valence-corrected chi connectivity index (χ2v) is 9.06. The number of hydrogen-bond acceptors (Lipinski definition) is 10. The summed E-state index contributed by atoms with van der Waals surface area (Å²) < 4.78 is 39.6. The van der Waals surface area contributed by atoms with E-state index in [1.807, 2.05) is 0 Å². The number of nitrogens with zero attached hydrogens (tertiary/aromatic N) is 5. The molecule has 0 fully saturated rings. The molecule has 170 valence electrons. The molecule has 0 saturated heterocycles. The lowest BCUT2D eigenvalue weighted by Gasteiger charge is -2.09. The Kier molecular flexibility index (Phi) is 5.57. The molecule has 0 saturated carbocycles. The smallest absolute Gasteiger partial charge is 0.337 e. The van der Waals surface area contributed by atoms with Crippen LogP contribution in [0.2, 0.25) is 0 Å². The lowest BCUT2D eigenvalue weighted by molar-refractivity contribution is 0.0699. The lowest BCUT2D eigenvalue weighted by Crippen LogP contribution is -2.06. The maximum absolute atomic E-state index is 11.7. The minimum Gasteiger partial charge on any atom is -0.495 e. The molecular formula is C19H16N6O6S2. The Morgan fingerprint density at radius 3 is 2.67 bits per heavy atom. The zero-order valence-corrected chi connectivity index (χ0v) is 18.8. The Labute approximate surface area is 190 Å². The van der Waals surface area contributed by atoms with Crippen molar-refractivity contribution in [2.45, 2.75) is 11.8 Å². The molecule has 4 N–H and O–H groups in total. The molecule has 2 aromatic carbocycles. The van der Waals surface area contributed by atoms with Crippen LogP contribution in [0.4, 0.5) is 16.6 Å². The van der Waals surface area contributed by atoms with Gasteiger partial charge in [0.1, 0.15) is 10.6 Å². The van der Waals surface area contributed by atoms with Crippen molar-refractivity contribution in [1.29, 1.82) is 0 Å². The maximum atomic E-state index is 11.7. The molecular weight excluding hydrogens is 472 g/mol. The molecule has 4 rings (SSSR count). The van der Waals surface area contributed by atoms with Gasteiger partial charge in [0.05, 0.1) is 34.3 Å². The number of azo groups is 1. The Morgan fingerprint density at radius 2 is 2.00 bits per heavy atom. The van der Waals surface area contributed by atoms with Gasteiger partial charge in [0.25, 0.3) is 10.1 Å². The van der Waals surface area contributed by atoms with Gasteiger partial charge in [-0.1, -0.05) is 17.4 Å². The highest BCUT2D eigenvalue weighted by atomic mass is 32.2. The first-order chi connectivity index (χ1) is 15.6. The van der Waals surface area contributed by atoms with Gasteiger partial charge in [-0.05, 0) is 37.3 Å². The number of aromatic carboxylic acids is 1. The van der Waals surface area contributed by atoms with Crippen LogP contribution in [0.25, 0.3) is 15.9 Å². The molecule has 4 aromatic rings. The quantitative estimate of drug-likeness (QED) is 0.269. The standard InChI is InChI=1S/C19H16N6O6S2/c1-9-15(22-23-19-21-12-5-3-4-11(18(26)27)16(12)32-19)17(20)25(24-9)10-6-7-13(31-2)14(8-10)33(28,29)30/h3-8H,20H2,1-2H3,(H,26,27)(H,28,29,30)/b23-22+. The van der Waals surface area contributed by atoms with Gasteiger partial charge in [0, 0.05) is 0 Å². The van der Waals surface area contributed by atoms with Crippen LogP contribution >= 0.6 is 11.3 Å². The summed E-state index contributed by atoms with van der Waals surface area (Å²) in [5.41, 5.74) is 7.63. The number of fused-ring (bicyclic) bond motifs is 1. The van der Waals surface area contributed by atoms with Crippen molar-refractivity contribution in [3.05, 3.63) is 47.7 Å². The number of nitrogen functional groups attached to an aromatic ring is 1. The third kappa shape index (κ3) is 4.13. The molecule has 0 unspecified atom stereocenters. The summed E-state index contributed by atoms with van der Waals surface area (Å²) in [7, 11) is -3.28. The monoisotopic (exact) mass is 488 g/mol. The van der Waals surface area contributed by atoms with E-state index < -0.39 is 21.0 Å². The van der Waals surface area contributed by atoms with E-state index in [4.69, 9.17) is 10.5 Å². The molecule has 0 radical (unpaired) electrons. The summed E-state index contributed by atoms with van der Waals surface area (Å²) in [6, 6.07) is 8.78. The van der Waals surface area contributed by atoms with Gasteiger partial charge in [-0.25, -0.2) is 14.5 Å². The number of thiazole rings is 1. The third-order valence-corrected chi connectivity index (χ3v) is 6.47. The first-order valence-electron chi connectivity index (χ1n) is 9.15. The van der Waals surface area contributed by atoms with Crippen LogP contribution in [0.5, 0.6) is 5.75 Å². The molecule has 14 heteroatoms. The highest BCUT2D eigenvalue weighted by molar-refractivity contribution is 7.86. The normalized spacial score (nSPS) is 12.0. The summed E-state index contributed by atoms with van der Waals surface area (Å²) in [5.74, 6) is -1.05. The highest BCUT2D eigenvalue weighted by Crippen LogP contribution is 2.35. The first kappa shape index (κ1) is 22.3. The number of benzene rings is 2. The fraction of sp³-hybridized carbons (Fsp3) is 0.105. The molecule has 33 heavy (non-hydrogen) atoms. The van der Waals surface area contributed by atoms with E-state index in [0.29, 0.717) is 15.9 Å². The number of aromatic nitrogens is 3. The predicted molar refractivity (Wildman–Crippen MR) is 120 cm³/mol. The van der Waals surface area contributed by atoms with E-state index in [9.17, 15) is 22.9 Å². The van der Waals surface area contributed by atoms with Gasteiger partial charge in [0.15, 0.2) is 11.5 Å². The molecule has 0 atom stereocenters. The summed E-state index contributed by atoms with van der Waals surface area (Å²) in [4.78, 5) is 15.2. The van der Waals surface area contributed by atoms with Crippen molar-refractivity contribution in [2.75, 3.05) is 12.8 Å². The number of anilines is 1. The summed E-state index contributed by atoms with van der Waals surface area (Å²) in [6.07, 6.45) is 0. The Morgan fingerprint density at radius 1 is 1.24 bits per heavy atom. The lowest BCUT2D eigenvalue weighted by atomic mass is 10.2. The van der Waals surface area contributed by atoms with E-state index in [2.05, 4.69) is 20.3 Å². The van der Waals surface area contributed by atoms with Gasteiger partial charge in [-0.15, -0.1) is 10.2 Å². The number of carboxylic acids is 1. The first-order valence-corrected chi connectivity index (χ1v) is 11.4. The van der Waals surface area contributed by atoms with Gasteiger partial charge < -0.3 is 15.6 Å². The molecule has 0 aliphatic carbocycles. The highest BCUT2D eigenvalue weighted by Gasteiger charge is 2.20. The number of carbonyl (C=O) groups is 1. The zero-order valence-electron chi connectivity index (χ0n) is 17.1. The number of ether oxygens (including phenoxy) is 1. The predicted octanol–water partition coefficient (Wildman–Crippen LogP) is 3.74.